The predicted octanol–water partition coefficient (Wildman–Crippen LogP) is 3.46. The number of amides is 3. The van der Waals surface area contributed by atoms with E-state index in [9.17, 15) is 24.3 Å². The lowest BCUT2D eigenvalue weighted by atomic mass is 9.70. The third kappa shape index (κ3) is 6.97. The summed E-state index contributed by atoms with van der Waals surface area (Å²) in [6.07, 6.45) is 3.81. The van der Waals surface area contributed by atoms with Crippen LogP contribution in [0.15, 0.2) is 49.6 Å². The molecule has 1 aromatic carbocycles. The van der Waals surface area contributed by atoms with Gasteiger partial charge in [-0.1, -0.05) is 26.0 Å². The van der Waals surface area contributed by atoms with Crippen LogP contribution in [0.4, 0.5) is 11.4 Å². The molecule has 0 unspecified atom stereocenters. The average molecular weight is 653 g/mol. The molecule has 11 nitrogen and oxygen atoms in total. The zero-order valence-corrected chi connectivity index (χ0v) is 28.5. The van der Waals surface area contributed by atoms with Crippen molar-refractivity contribution in [2.24, 2.45) is 17.8 Å². The number of rotatable bonds is 17. The summed E-state index contributed by atoms with van der Waals surface area (Å²) in [4.78, 5) is 60.4. The Hall–Kier alpha value is -3.70. The molecule has 3 aliphatic rings. The molecular weight excluding hydrogens is 600 g/mol. The monoisotopic (exact) mass is 652 g/mol. The summed E-state index contributed by atoms with van der Waals surface area (Å²) in [5, 5.41) is 13.3. The molecule has 3 saturated heterocycles. The summed E-state index contributed by atoms with van der Waals surface area (Å²) < 4.78 is 12.4. The fourth-order valence-corrected chi connectivity index (χ4v) is 7.54. The predicted molar refractivity (Wildman–Crippen MR) is 181 cm³/mol. The Morgan fingerprint density at radius 3 is 2.36 bits per heavy atom. The minimum absolute atomic E-state index is 0.125. The quantitative estimate of drug-likeness (QED) is 0.194. The maximum absolute atomic E-state index is 14.8. The highest BCUT2D eigenvalue weighted by Gasteiger charge is 2.75. The van der Waals surface area contributed by atoms with Gasteiger partial charge in [-0.3, -0.25) is 19.2 Å². The van der Waals surface area contributed by atoms with Gasteiger partial charge in [-0.05, 0) is 70.2 Å². The first-order chi connectivity index (χ1) is 22.5. The molecule has 3 amide bonds. The van der Waals surface area contributed by atoms with Crippen molar-refractivity contribution in [2.75, 3.05) is 42.6 Å². The molecule has 0 aromatic heterocycles. The van der Waals surface area contributed by atoms with Crippen LogP contribution >= 0.6 is 0 Å². The van der Waals surface area contributed by atoms with E-state index < -0.39 is 47.7 Å². The van der Waals surface area contributed by atoms with E-state index in [0.29, 0.717) is 24.9 Å². The van der Waals surface area contributed by atoms with Gasteiger partial charge in [0.25, 0.3) is 5.91 Å². The molecule has 3 fully saturated rings. The normalized spacial score (nSPS) is 25.7. The van der Waals surface area contributed by atoms with Crippen LogP contribution in [0.1, 0.15) is 60.3 Å². The van der Waals surface area contributed by atoms with Gasteiger partial charge >= 0.3 is 5.97 Å². The van der Waals surface area contributed by atoms with Crippen molar-refractivity contribution < 1.29 is 33.8 Å². The van der Waals surface area contributed by atoms with E-state index in [1.165, 1.54) is 4.90 Å². The van der Waals surface area contributed by atoms with E-state index in [4.69, 9.17) is 9.47 Å². The number of carbonyl (C=O) groups is 4. The Bertz CT molecular complexity index is 1310. The number of nitrogens with zero attached hydrogens (tertiary/aromatic N) is 3. The highest BCUT2D eigenvalue weighted by atomic mass is 16.6. The Morgan fingerprint density at radius 1 is 1.13 bits per heavy atom. The van der Waals surface area contributed by atoms with Gasteiger partial charge in [-0.15, -0.1) is 13.2 Å². The third-order valence-electron chi connectivity index (χ3n) is 9.91. The van der Waals surface area contributed by atoms with Gasteiger partial charge in [-0.2, -0.15) is 0 Å². The summed E-state index contributed by atoms with van der Waals surface area (Å²) in [7, 11) is 0. The lowest BCUT2D eigenvalue weighted by Crippen LogP contribution is -2.59. The van der Waals surface area contributed by atoms with Gasteiger partial charge in [0.2, 0.25) is 11.8 Å². The fraction of sp³-hybridized carbons (Fsp3) is 0.611. The highest BCUT2D eigenvalue weighted by molar-refractivity contribution is 6.05. The molecule has 1 spiro atoms. The van der Waals surface area contributed by atoms with E-state index in [1.54, 1.807) is 24.0 Å². The summed E-state index contributed by atoms with van der Waals surface area (Å²) in [5.74, 6) is -3.53. The number of allylic oxidation sites excluding steroid dienone is 1. The Morgan fingerprint density at radius 2 is 1.79 bits per heavy atom. The van der Waals surface area contributed by atoms with Gasteiger partial charge in [0, 0.05) is 37.4 Å². The first kappa shape index (κ1) is 36.1. The SMILES string of the molecule is C=CCCC(=O)NC[C@H](C)OC(=O)[C@@H]1[C@H]2C(=O)N([C@@H](CO)C(C)C)[C@H](C(=O)N(CC=C)c3ccc(N(CC)CC)cc3)[C@]23CC[C@H]1O3. The number of aliphatic hydroxyl groups is 1. The molecule has 2 N–H and O–H groups in total. The molecule has 3 aliphatic heterocycles. The fourth-order valence-electron chi connectivity index (χ4n) is 7.54. The van der Waals surface area contributed by atoms with Crippen LogP contribution in [0.3, 0.4) is 0 Å². The number of carbonyl (C=O) groups excluding carboxylic acids is 4. The number of likely N-dealkylation sites (tertiary alicyclic amines) is 1. The molecule has 3 heterocycles. The maximum Gasteiger partial charge on any atom is 0.312 e. The first-order valence-electron chi connectivity index (χ1n) is 17.0. The van der Waals surface area contributed by atoms with Gasteiger partial charge in [0.15, 0.2) is 0 Å². The number of hydrogen-bond donors (Lipinski definition) is 2. The zero-order valence-electron chi connectivity index (χ0n) is 28.5. The average Bonchev–Trinajstić information content (AvgIpc) is 3.70. The second kappa shape index (κ2) is 15.5. The lowest BCUT2D eigenvalue weighted by Gasteiger charge is -2.40. The standard InChI is InChI=1S/C36H52N4O7/c1-8-12-13-29(42)37-21-24(7)46-35(45)30-28-18-19-36(47-28)31(30)33(43)40(27(22-41)23(5)6)32(36)34(44)39(20-9-2)26-16-14-25(15-17-26)38(10-3)11-4/h8-9,14-17,23-24,27-28,30-32,41H,1-2,10-13,18-22H2,3-7H3,(H,37,42)/t24-,27-,28+,30-,31-,32+,36-/m0/s1. The number of ether oxygens (including phenoxy) is 2. The van der Waals surface area contributed by atoms with Crippen LogP contribution in [-0.4, -0.2) is 96.4 Å². The van der Waals surface area contributed by atoms with Crippen molar-refractivity contribution in [2.45, 2.75) is 90.2 Å². The van der Waals surface area contributed by atoms with Crippen molar-refractivity contribution in [3.8, 4) is 0 Å². The van der Waals surface area contributed by atoms with E-state index in [0.717, 1.165) is 18.8 Å². The molecule has 11 heteroatoms. The molecular formula is C36H52N4O7. The molecule has 0 aliphatic carbocycles. The summed E-state index contributed by atoms with van der Waals surface area (Å²) in [6.45, 7) is 18.8. The van der Waals surface area contributed by atoms with E-state index >= 15 is 0 Å². The number of benzene rings is 1. The van der Waals surface area contributed by atoms with Gasteiger partial charge in [0.1, 0.15) is 17.7 Å². The highest BCUT2D eigenvalue weighted by Crippen LogP contribution is 2.59. The minimum atomic E-state index is -1.26. The zero-order chi connectivity index (χ0) is 34.5. The second-order valence-corrected chi connectivity index (χ2v) is 13.1. The van der Waals surface area contributed by atoms with Gasteiger partial charge < -0.3 is 34.6 Å². The van der Waals surface area contributed by atoms with Crippen molar-refractivity contribution in [3.05, 3.63) is 49.6 Å². The summed E-state index contributed by atoms with van der Waals surface area (Å²) in [5.41, 5.74) is 0.426. The van der Waals surface area contributed by atoms with Crippen molar-refractivity contribution in [3.63, 3.8) is 0 Å². The number of esters is 1. The Balaban J connectivity index is 1.66. The third-order valence-corrected chi connectivity index (χ3v) is 9.91. The topological polar surface area (TPSA) is 129 Å². The number of hydrogen-bond acceptors (Lipinski definition) is 8. The molecule has 258 valence electrons. The van der Waals surface area contributed by atoms with Gasteiger partial charge in [0.05, 0.1) is 37.1 Å². The van der Waals surface area contributed by atoms with E-state index in [-0.39, 0.29) is 49.8 Å². The molecule has 0 saturated carbocycles. The molecule has 7 atom stereocenters. The van der Waals surface area contributed by atoms with Crippen molar-refractivity contribution in [1.82, 2.24) is 10.2 Å². The maximum atomic E-state index is 14.8. The molecule has 47 heavy (non-hydrogen) atoms. The lowest BCUT2D eigenvalue weighted by molar-refractivity contribution is -0.160. The Labute approximate surface area is 278 Å². The van der Waals surface area contributed by atoms with Crippen LogP contribution in [-0.2, 0) is 28.7 Å². The first-order valence-corrected chi connectivity index (χ1v) is 17.0. The van der Waals surface area contributed by atoms with Crippen LogP contribution in [0.2, 0.25) is 0 Å². The summed E-state index contributed by atoms with van der Waals surface area (Å²) >= 11 is 0. The smallest absolute Gasteiger partial charge is 0.312 e. The van der Waals surface area contributed by atoms with E-state index in [1.807, 2.05) is 38.1 Å². The van der Waals surface area contributed by atoms with Crippen molar-refractivity contribution in [1.29, 1.82) is 0 Å². The second-order valence-electron chi connectivity index (χ2n) is 13.1. The van der Waals surface area contributed by atoms with Crippen LogP contribution in [0.25, 0.3) is 0 Å². The number of fused-ring (bicyclic) bond motifs is 1. The molecule has 2 bridgehead atoms. The molecule has 4 rings (SSSR count). The number of aliphatic hydroxyl groups excluding tert-OH is 1. The summed E-state index contributed by atoms with van der Waals surface area (Å²) in [6, 6.07) is 6.00. The molecule has 0 radical (unpaired) electrons. The molecule has 1 aromatic rings. The van der Waals surface area contributed by atoms with Crippen LogP contribution in [0, 0.1) is 17.8 Å². The van der Waals surface area contributed by atoms with E-state index in [2.05, 4.69) is 37.2 Å². The van der Waals surface area contributed by atoms with Crippen LogP contribution < -0.4 is 15.1 Å². The van der Waals surface area contributed by atoms with Crippen molar-refractivity contribution >= 4 is 35.1 Å². The van der Waals surface area contributed by atoms with Gasteiger partial charge in [-0.25, -0.2) is 0 Å². The minimum Gasteiger partial charge on any atom is -0.460 e. The Kier molecular flexibility index (Phi) is 11.9. The largest absolute Gasteiger partial charge is 0.460 e. The van der Waals surface area contributed by atoms with Crippen LogP contribution in [0.5, 0.6) is 0 Å². The number of nitrogens with one attached hydrogen (secondary N) is 1. The number of anilines is 2.